The van der Waals surface area contributed by atoms with E-state index in [0.29, 0.717) is 29.8 Å². The van der Waals surface area contributed by atoms with Crippen LogP contribution in [0.3, 0.4) is 0 Å². The summed E-state index contributed by atoms with van der Waals surface area (Å²) in [7, 11) is 0. The Hall–Kier alpha value is -2.88. The Balaban J connectivity index is 2.23. The van der Waals surface area contributed by atoms with E-state index < -0.39 is 17.7 Å². The number of rotatable bonds is 8. The number of hydrogen-bond acceptors (Lipinski definition) is 5. The van der Waals surface area contributed by atoms with Gasteiger partial charge in [-0.05, 0) is 24.1 Å². The molecule has 0 saturated heterocycles. The molecule has 0 fully saturated rings. The number of nitrogens with two attached hydrogens (primary N) is 1. The normalized spacial score (nSPS) is 10.7. The van der Waals surface area contributed by atoms with Gasteiger partial charge in [0.05, 0.1) is 16.5 Å². The fraction of sp³-hybridized carbons (Fsp3) is 0.190. The largest absolute Gasteiger partial charge is 0.481 e. The van der Waals surface area contributed by atoms with Gasteiger partial charge >= 0.3 is 5.97 Å². The predicted octanol–water partition coefficient (Wildman–Crippen LogP) is 3.19. The molecule has 0 unspecified atom stereocenters. The van der Waals surface area contributed by atoms with Crippen LogP contribution in [0.15, 0.2) is 48.5 Å². The lowest BCUT2D eigenvalue weighted by molar-refractivity contribution is -0.133. The van der Waals surface area contributed by atoms with E-state index in [0.717, 1.165) is 11.1 Å². The number of halogens is 1. The first-order valence-corrected chi connectivity index (χ1v) is 9.82. The first kappa shape index (κ1) is 20.8. The molecule has 0 aliphatic heterocycles. The van der Waals surface area contributed by atoms with Crippen molar-refractivity contribution in [3.63, 3.8) is 0 Å². The molecular weight excluding hydrogens is 487 g/mol. The quantitative estimate of drug-likeness (QED) is 0.288. The van der Waals surface area contributed by atoms with Gasteiger partial charge in [0.1, 0.15) is 5.75 Å². The summed E-state index contributed by atoms with van der Waals surface area (Å²) in [6.07, 6.45) is 0.505. The molecule has 0 spiro atoms. The number of Topliss-reactive ketones (excluding diaryl/α,β-unsaturated/α-hetero) is 1. The Bertz CT molecular complexity index is 1080. The van der Waals surface area contributed by atoms with Crippen molar-refractivity contribution in [1.29, 1.82) is 0 Å². The summed E-state index contributed by atoms with van der Waals surface area (Å²) >= 11 is 1.48. The lowest BCUT2D eigenvalue weighted by atomic mass is 10.0. The zero-order chi connectivity index (χ0) is 21.0. The molecule has 2 N–H and O–H groups in total. The standard InChI is InChI=1S/C21H19IN2O5/c1-2-14-19(20(26)21(23)27)18-15(24(14)11-13-7-4-3-5-8-13)9-6-10-16(18)28-12-17(25)29-22/h3-10H,2,11-12H2,1H3,(H2,23,27). The molecule has 1 heterocycles. The van der Waals surface area contributed by atoms with Crippen molar-refractivity contribution in [3.8, 4) is 5.75 Å². The Kier molecular flexibility index (Phi) is 6.53. The number of amides is 1. The predicted molar refractivity (Wildman–Crippen MR) is 116 cm³/mol. The van der Waals surface area contributed by atoms with E-state index in [-0.39, 0.29) is 12.2 Å². The minimum absolute atomic E-state index is 0.212. The molecule has 0 radical (unpaired) electrons. The molecule has 1 amide bonds. The number of primary amides is 1. The average molecular weight is 506 g/mol. The van der Waals surface area contributed by atoms with Crippen LogP contribution in [0.25, 0.3) is 10.9 Å². The van der Waals surface area contributed by atoms with E-state index in [4.69, 9.17) is 10.5 Å². The van der Waals surface area contributed by atoms with Crippen LogP contribution in [0.2, 0.25) is 0 Å². The van der Waals surface area contributed by atoms with Crippen molar-refractivity contribution in [2.75, 3.05) is 6.61 Å². The number of ether oxygens (including phenoxy) is 1. The third kappa shape index (κ3) is 4.26. The molecule has 3 rings (SSSR count). The molecule has 0 atom stereocenters. The maximum absolute atomic E-state index is 12.7. The molecule has 150 valence electrons. The minimum atomic E-state index is -1.04. The molecule has 0 saturated carbocycles. The highest BCUT2D eigenvalue weighted by Crippen LogP contribution is 2.35. The monoisotopic (exact) mass is 506 g/mol. The van der Waals surface area contributed by atoms with E-state index >= 15 is 0 Å². The molecule has 0 aliphatic rings. The second-order valence-electron chi connectivity index (χ2n) is 6.33. The smallest absolute Gasteiger partial charge is 0.353 e. The Morgan fingerprint density at radius 1 is 1.07 bits per heavy atom. The van der Waals surface area contributed by atoms with Crippen molar-refractivity contribution in [1.82, 2.24) is 4.57 Å². The first-order valence-electron chi connectivity index (χ1n) is 8.94. The second-order valence-corrected chi connectivity index (χ2v) is 6.77. The fourth-order valence-electron chi connectivity index (χ4n) is 3.38. The molecule has 29 heavy (non-hydrogen) atoms. The molecule has 1 aromatic heterocycles. The fourth-order valence-corrected chi connectivity index (χ4v) is 3.51. The van der Waals surface area contributed by atoms with Gasteiger partial charge in [-0.3, -0.25) is 9.59 Å². The van der Waals surface area contributed by atoms with E-state index in [2.05, 4.69) is 3.07 Å². The van der Waals surface area contributed by atoms with Gasteiger partial charge in [-0.1, -0.05) is 43.3 Å². The number of aromatic nitrogens is 1. The summed E-state index contributed by atoms with van der Waals surface area (Å²) in [5.74, 6) is -2.08. The Morgan fingerprint density at radius 3 is 2.41 bits per heavy atom. The summed E-state index contributed by atoms with van der Waals surface area (Å²) in [5.41, 5.74) is 7.97. The Morgan fingerprint density at radius 2 is 1.79 bits per heavy atom. The third-order valence-electron chi connectivity index (χ3n) is 4.56. The van der Waals surface area contributed by atoms with Gasteiger partial charge < -0.3 is 18.1 Å². The second kappa shape index (κ2) is 9.08. The van der Waals surface area contributed by atoms with E-state index in [1.807, 2.05) is 47.9 Å². The summed E-state index contributed by atoms with van der Waals surface area (Å²) < 4.78 is 12.2. The highest BCUT2D eigenvalue weighted by atomic mass is 127. The van der Waals surface area contributed by atoms with Crippen molar-refractivity contribution >= 4 is 51.6 Å². The lowest BCUT2D eigenvalue weighted by Crippen LogP contribution is -2.24. The van der Waals surface area contributed by atoms with Crippen molar-refractivity contribution in [2.45, 2.75) is 19.9 Å². The first-order chi connectivity index (χ1) is 14.0. The van der Waals surface area contributed by atoms with Crippen LogP contribution in [0.5, 0.6) is 5.75 Å². The lowest BCUT2D eigenvalue weighted by Gasteiger charge is -2.11. The number of fused-ring (bicyclic) bond motifs is 1. The van der Waals surface area contributed by atoms with Crippen LogP contribution >= 0.6 is 23.0 Å². The van der Waals surface area contributed by atoms with Crippen molar-refractivity contribution in [3.05, 3.63) is 65.4 Å². The number of benzene rings is 2. The van der Waals surface area contributed by atoms with Gasteiger partial charge in [-0.25, -0.2) is 4.79 Å². The minimum Gasteiger partial charge on any atom is -0.481 e. The molecular formula is C21H19IN2O5. The summed E-state index contributed by atoms with van der Waals surface area (Å²) in [4.78, 5) is 36.0. The van der Waals surface area contributed by atoms with Crippen molar-refractivity contribution < 1.29 is 22.2 Å². The third-order valence-corrected chi connectivity index (χ3v) is 5.05. The van der Waals surface area contributed by atoms with E-state index in [1.165, 1.54) is 23.0 Å². The van der Waals surface area contributed by atoms with Gasteiger partial charge in [0.25, 0.3) is 11.7 Å². The molecule has 0 aliphatic carbocycles. The number of carbonyl (C=O) groups is 3. The van der Waals surface area contributed by atoms with Gasteiger partial charge in [0, 0.05) is 12.2 Å². The van der Waals surface area contributed by atoms with Gasteiger partial charge in [0.15, 0.2) is 29.6 Å². The number of ketones is 1. The van der Waals surface area contributed by atoms with E-state index in [1.54, 1.807) is 12.1 Å². The highest BCUT2D eigenvalue weighted by molar-refractivity contribution is 14.1. The number of carbonyl (C=O) groups excluding carboxylic acids is 3. The van der Waals surface area contributed by atoms with Crippen LogP contribution < -0.4 is 10.5 Å². The molecule has 2 aromatic carbocycles. The summed E-state index contributed by atoms with van der Waals surface area (Å²) in [6.45, 7) is 2.09. The van der Waals surface area contributed by atoms with Crippen LogP contribution in [0, 0.1) is 0 Å². The number of hydrogen-bond donors (Lipinski definition) is 1. The Labute approximate surface area is 181 Å². The van der Waals surface area contributed by atoms with Gasteiger partial charge in [-0.2, -0.15) is 0 Å². The zero-order valence-electron chi connectivity index (χ0n) is 15.7. The van der Waals surface area contributed by atoms with Crippen LogP contribution in [-0.4, -0.2) is 28.8 Å². The van der Waals surface area contributed by atoms with Crippen molar-refractivity contribution in [2.24, 2.45) is 5.73 Å². The molecule has 8 heteroatoms. The summed E-state index contributed by atoms with van der Waals surface area (Å²) in [5, 5.41) is 0.463. The topological polar surface area (TPSA) is 101 Å². The molecule has 0 bridgehead atoms. The van der Waals surface area contributed by atoms with Crippen LogP contribution in [0.4, 0.5) is 0 Å². The van der Waals surface area contributed by atoms with Crippen LogP contribution in [-0.2, 0) is 25.6 Å². The SMILES string of the molecule is CCc1c(C(=O)C(N)=O)c2c(OCC(=O)OI)cccc2n1Cc1ccccc1. The van der Waals surface area contributed by atoms with Gasteiger partial charge in [0.2, 0.25) is 0 Å². The summed E-state index contributed by atoms with van der Waals surface area (Å²) in [6, 6.07) is 15.0. The zero-order valence-corrected chi connectivity index (χ0v) is 17.8. The highest BCUT2D eigenvalue weighted by Gasteiger charge is 2.27. The number of nitrogens with zero attached hydrogens (tertiary/aromatic N) is 1. The maximum Gasteiger partial charge on any atom is 0.353 e. The average Bonchev–Trinajstić information content (AvgIpc) is 3.05. The molecule has 3 aromatic rings. The molecule has 7 nitrogen and oxygen atoms in total. The van der Waals surface area contributed by atoms with Gasteiger partial charge in [-0.15, -0.1) is 0 Å². The van der Waals surface area contributed by atoms with Crippen LogP contribution in [0.1, 0.15) is 28.5 Å². The van der Waals surface area contributed by atoms with E-state index in [9.17, 15) is 14.4 Å². The maximum atomic E-state index is 12.7.